The van der Waals surface area contributed by atoms with E-state index in [0.29, 0.717) is 23.9 Å². The number of piperazine rings is 1. The molecule has 21 heavy (non-hydrogen) atoms. The molecule has 110 valence electrons. The first kappa shape index (κ1) is 15.3. The SMILES string of the molecule is CN1CCN(C(=O)/C(C#N)=C\Nc2cc(Cl)ccn2)CC1. The number of halogens is 1. The van der Waals surface area contributed by atoms with Crippen molar-refractivity contribution in [3.8, 4) is 6.07 Å². The lowest BCUT2D eigenvalue weighted by Crippen LogP contribution is -2.47. The molecular weight excluding hydrogens is 290 g/mol. The largest absolute Gasteiger partial charge is 0.345 e. The van der Waals surface area contributed by atoms with Gasteiger partial charge in [-0.1, -0.05) is 11.6 Å². The molecule has 0 spiro atoms. The second-order valence-electron chi connectivity index (χ2n) is 4.77. The molecule has 0 bridgehead atoms. The zero-order valence-electron chi connectivity index (χ0n) is 11.7. The smallest absolute Gasteiger partial charge is 0.266 e. The molecule has 1 N–H and O–H groups in total. The first-order chi connectivity index (χ1) is 10.1. The Kier molecular flexibility index (Phi) is 5.14. The van der Waals surface area contributed by atoms with Crippen LogP contribution in [-0.2, 0) is 4.79 Å². The van der Waals surface area contributed by atoms with Gasteiger partial charge in [0.25, 0.3) is 5.91 Å². The molecule has 2 heterocycles. The van der Waals surface area contributed by atoms with Gasteiger partial charge in [0.05, 0.1) is 0 Å². The van der Waals surface area contributed by atoms with Gasteiger partial charge in [0.2, 0.25) is 0 Å². The molecule has 0 saturated carbocycles. The third-order valence-corrected chi connectivity index (χ3v) is 3.46. The monoisotopic (exact) mass is 305 g/mol. The van der Waals surface area contributed by atoms with Crippen LogP contribution >= 0.6 is 11.6 Å². The summed E-state index contributed by atoms with van der Waals surface area (Å²) in [5.41, 5.74) is 0.0568. The second-order valence-corrected chi connectivity index (χ2v) is 5.21. The number of carbonyl (C=O) groups is 1. The lowest BCUT2D eigenvalue weighted by molar-refractivity contribution is -0.128. The van der Waals surface area contributed by atoms with Gasteiger partial charge in [-0.25, -0.2) is 4.98 Å². The van der Waals surface area contributed by atoms with E-state index in [-0.39, 0.29) is 11.5 Å². The number of hydrogen-bond acceptors (Lipinski definition) is 5. The van der Waals surface area contributed by atoms with Crippen molar-refractivity contribution < 1.29 is 4.79 Å². The van der Waals surface area contributed by atoms with Crippen molar-refractivity contribution in [2.45, 2.75) is 0 Å². The Bertz CT molecular complexity index is 587. The summed E-state index contributed by atoms with van der Waals surface area (Å²) in [6.07, 6.45) is 2.92. The summed E-state index contributed by atoms with van der Waals surface area (Å²) >= 11 is 5.85. The summed E-state index contributed by atoms with van der Waals surface area (Å²) in [5, 5.41) is 12.5. The van der Waals surface area contributed by atoms with Gasteiger partial charge < -0.3 is 15.1 Å². The van der Waals surface area contributed by atoms with Crippen LogP contribution in [0.5, 0.6) is 0 Å². The van der Waals surface area contributed by atoms with Crippen LogP contribution in [-0.4, -0.2) is 53.9 Å². The van der Waals surface area contributed by atoms with Crippen LogP contribution in [0.15, 0.2) is 30.1 Å². The minimum atomic E-state index is -0.264. The van der Waals surface area contributed by atoms with Crippen LogP contribution in [0.2, 0.25) is 5.02 Å². The van der Waals surface area contributed by atoms with Crippen molar-refractivity contribution in [2.24, 2.45) is 0 Å². The molecule has 1 aliphatic rings. The van der Waals surface area contributed by atoms with Crippen LogP contribution in [0.25, 0.3) is 0 Å². The van der Waals surface area contributed by atoms with Gasteiger partial charge in [0, 0.05) is 43.6 Å². The van der Waals surface area contributed by atoms with E-state index in [2.05, 4.69) is 15.2 Å². The van der Waals surface area contributed by atoms with Crippen molar-refractivity contribution in [2.75, 3.05) is 38.5 Å². The number of nitrogens with zero attached hydrogens (tertiary/aromatic N) is 4. The Morgan fingerprint density at radius 3 is 2.81 bits per heavy atom. The first-order valence-corrected chi connectivity index (χ1v) is 6.94. The quantitative estimate of drug-likeness (QED) is 0.674. The van der Waals surface area contributed by atoms with Crippen molar-refractivity contribution in [1.82, 2.24) is 14.8 Å². The van der Waals surface area contributed by atoms with Crippen molar-refractivity contribution in [3.05, 3.63) is 35.1 Å². The fourth-order valence-electron chi connectivity index (χ4n) is 1.95. The normalized spacial score (nSPS) is 16.4. The van der Waals surface area contributed by atoms with E-state index in [1.54, 1.807) is 23.2 Å². The molecule has 2 rings (SSSR count). The number of carbonyl (C=O) groups excluding carboxylic acids is 1. The van der Waals surface area contributed by atoms with E-state index >= 15 is 0 Å². The number of likely N-dealkylation sites (N-methyl/N-ethyl adjacent to an activating group) is 1. The molecule has 1 fully saturated rings. The molecule has 0 radical (unpaired) electrons. The Labute approximate surface area is 128 Å². The maximum Gasteiger partial charge on any atom is 0.266 e. The molecule has 7 heteroatoms. The molecule has 6 nitrogen and oxygen atoms in total. The highest BCUT2D eigenvalue weighted by Gasteiger charge is 2.22. The number of rotatable bonds is 3. The minimum Gasteiger partial charge on any atom is -0.345 e. The maximum atomic E-state index is 12.3. The average Bonchev–Trinajstić information content (AvgIpc) is 2.48. The van der Waals surface area contributed by atoms with Crippen LogP contribution in [0, 0.1) is 11.3 Å². The molecule has 1 aliphatic heterocycles. The summed E-state index contributed by atoms with van der Waals surface area (Å²) < 4.78 is 0. The third kappa shape index (κ3) is 4.18. The predicted octanol–water partition coefficient (Wildman–Crippen LogP) is 1.33. The summed E-state index contributed by atoms with van der Waals surface area (Å²) in [6.45, 7) is 2.88. The molecule has 0 unspecified atom stereocenters. The fraction of sp³-hybridized carbons (Fsp3) is 0.357. The van der Waals surface area contributed by atoms with Gasteiger partial charge >= 0.3 is 0 Å². The van der Waals surface area contributed by atoms with Crippen LogP contribution < -0.4 is 5.32 Å². The van der Waals surface area contributed by atoms with E-state index in [1.807, 2.05) is 13.1 Å². The Morgan fingerprint density at radius 2 is 2.19 bits per heavy atom. The molecule has 0 aromatic carbocycles. The zero-order chi connectivity index (χ0) is 15.2. The van der Waals surface area contributed by atoms with Gasteiger partial charge in [-0.3, -0.25) is 4.79 Å². The van der Waals surface area contributed by atoms with Gasteiger partial charge in [-0.15, -0.1) is 0 Å². The molecule has 1 aromatic rings. The highest BCUT2D eigenvalue weighted by Crippen LogP contribution is 2.12. The average molecular weight is 306 g/mol. The van der Waals surface area contributed by atoms with Crippen LogP contribution in [0.4, 0.5) is 5.82 Å². The Hall–Kier alpha value is -2.10. The van der Waals surface area contributed by atoms with Gasteiger partial charge in [-0.2, -0.15) is 5.26 Å². The molecular formula is C14H16ClN5O. The standard InChI is InChI=1S/C14H16ClN5O/c1-19-4-6-20(7-5-19)14(21)11(9-16)10-18-13-8-12(15)2-3-17-13/h2-3,8,10H,4-7H2,1H3,(H,17,18)/b11-10-. The van der Waals surface area contributed by atoms with Crippen LogP contribution in [0.3, 0.4) is 0 Å². The van der Waals surface area contributed by atoms with Gasteiger partial charge in [0.1, 0.15) is 17.5 Å². The van der Waals surface area contributed by atoms with E-state index in [0.717, 1.165) is 13.1 Å². The highest BCUT2D eigenvalue weighted by atomic mass is 35.5. The number of nitriles is 1. The Balaban J connectivity index is 2.03. The van der Waals surface area contributed by atoms with E-state index in [4.69, 9.17) is 16.9 Å². The lowest BCUT2D eigenvalue weighted by atomic mass is 10.2. The Morgan fingerprint density at radius 1 is 1.48 bits per heavy atom. The van der Waals surface area contributed by atoms with E-state index in [1.165, 1.54) is 6.20 Å². The van der Waals surface area contributed by atoms with Crippen molar-refractivity contribution in [3.63, 3.8) is 0 Å². The molecule has 1 aromatic heterocycles. The highest BCUT2D eigenvalue weighted by molar-refractivity contribution is 6.30. The number of anilines is 1. The van der Waals surface area contributed by atoms with Crippen LogP contribution in [0.1, 0.15) is 0 Å². The lowest BCUT2D eigenvalue weighted by Gasteiger charge is -2.32. The molecule has 1 amide bonds. The zero-order valence-corrected chi connectivity index (χ0v) is 12.5. The van der Waals surface area contributed by atoms with Gasteiger partial charge in [0.15, 0.2) is 0 Å². The van der Waals surface area contributed by atoms with Crippen molar-refractivity contribution in [1.29, 1.82) is 5.26 Å². The number of hydrogen-bond donors (Lipinski definition) is 1. The number of pyridine rings is 1. The van der Waals surface area contributed by atoms with E-state index < -0.39 is 0 Å². The van der Waals surface area contributed by atoms with Crippen molar-refractivity contribution >= 4 is 23.3 Å². The third-order valence-electron chi connectivity index (χ3n) is 3.23. The number of aromatic nitrogens is 1. The summed E-state index contributed by atoms with van der Waals surface area (Å²) in [7, 11) is 2.01. The second kappa shape index (κ2) is 7.07. The molecule has 0 aliphatic carbocycles. The summed E-state index contributed by atoms with van der Waals surface area (Å²) in [4.78, 5) is 20.1. The minimum absolute atomic E-state index is 0.0568. The predicted molar refractivity (Wildman–Crippen MR) is 80.6 cm³/mol. The van der Waals surface area contributed by atoms with E-state index in [9.17, 15) is 4.79 Å². The number of nitrogens with one attached hydrogen (secondary N) is 1. The summed E-state index contributed by atoms with van der Waals surface area (Å²) in [5.74, 6) is 0.224. The molecule has 1 saturated heterocycles. The van der Waals surface area contributed by atoms with Gasteiger partial charge in [-0.05, 0) is 19.2 Å². The number of amides is 1. The molecule has 0 atom stereocenters. The topological polar surface area (TPSA) is 72.3 Å². The summed E-state index contributed by atoms with van der Waals surface area (Å²) in [6, 6.07) is 5.20. The fourth-order valence-corrected chi connectivity index (χ4v) is 2.11. The maximum absolute atomic E-state index is 12.3. The first-order valence-electron chi connectivity index (χ1n) is 6.56.